The molecule has 0 aromatic rings. The Labute approximate surface area is 256 Å². The summed E-state index contributed by atoms with van der Waals surface area (Å²) >= 11 is 0. The lowest BCUT2D eigenvalue weighted by Gasteiger charge is -2.39. The number of carbonyl (C=O) groups is 2. The Balaban J connectivity index is 2.11. The second-order valence-electron chi connectivity index (χ2n) is 12.3. The minimum absolute atomic E-state index is 0.184. The molecule has 1 heterocycles. The highest BCUT2D eigenvalue weighted by Crippen LogP contribution is 2.24. The van der Waals surface area contributed by atoms with Crippen LogP contribution in [0.3, 0.4) is 0 Å². The molecule has 0 aromatic heterocycles. The van der Waals surface area contributed by atoms with Gasteiger partial charge in [-0.2, -0.15) is 0 Å². The molecule has 0 saturated carbocycles. The highest BCUT2D eigenvalue weighted by Gasteiger charge is 2.46. The maximum Gasteiger partial charge on any atom is 0.306 e. The smallest absolute Gasteiger partial charge is 0.306 e. The lowest BCUT2D eigenvalue weighted by Crippen LogP contribution is -2.60. The first-order valence-electron chi connectivity index (χ1n) is 17.4. The van der Waals surface area contributed by atoms with Gasteiger partial charge in [0.25, 0.3) is 0 Å². The van der Waals surface area contributed by atoms with Crippen LogP contribution >= 0.6 is 0 Å². The second-order valence-corrected chi connectivity index (χ2v) is 12.3. The van der Waals surface area contributed by atoms with Gasteiger partial charge in [-0.1, -0.05) is 142 Å². The predicted octanol–water partition coefficient (Wildman–Crippen LogP) is 7.28. The summed E-state index contributed by atoms with van der Waals surface area (Å²) in [5.41, 5.74) is 0. The number of unbranched alkanes of at least 4 members (excludes halogenated alkanes) is 20. The molecule has 0 aromatic carbocycles. The predicted molar refractivity (Wildman–Crippen MR) is 166 cm³/mol. The molecule has 1 fully saturated rings. The fourth-order valence-corrected chi connectivity index (χ4v) is 5.51. The van der Waals surface area contributed by atoms with Crippen molar-refractivity contribution in [2.75, 3.05) is 6.61 Å². The highest BCUT2D eigenvalue weighted by atomic mass is 16.7. The summed E-state index contributed by atoms with van der Waals surface area (Å²) in [6, 6.07) is 0. The van der Waals surface area contributed by atoms with E-state index >= 15 is 0 Å². The Kier molecular flexibility index (Phi) is 24.2. The number of hydrogen-bond acceptors (Lipinski definition) is 8. The summed E-state index contributed by atoms with van der Waals surface area (Å²) in [5, 5.41) is 31.2. The number of rotatable bonds is 27. The zero-order valence-electron chi connectivity index (χ0n) is 26.9. The standard InChI is InChI=1S/C34H64O8/c1-3-5-7-9-11-13-15-17-19-21-23-25-29(35)40-27-28-31(37)32(38)33(34(39)41-28)42-30(36)26-24-22-20-18-16-14-12-10-8-6-4-2/h28,31-34,37-39H,3-27H2,1-2H3/t28-,31-,32+,33-,34+/m1/s1. The lowest BCUT2D eigenvalue weighted by atomic mass is 9.99. The van der Waals surface area contributed by atoms with Crippen molar-refractivity contribution in [1.82, 2.24) is 0 Å². The van der Waals surface area contributed by atoms with E-state index in [1.54, 1.807) is 0 Å². The van der Waals surface area contributed by atoms with E-state index in [0.29, 0.717) is 6.42 Å². The number of aliphatic hydroxyl groups is 3. The van der Waals surface area contributed by atoms with Gasteiger partial charge in [0.2, 0.25) is 0 Å². The highest BCUT2D eigenvalue weighted by molar-refractivity contribution is 5.69. The van der Waals surface area contributed by atoms with E-state index in [4.69, 9.17) is 14.2 Å². The maximum absolute atomic E-state index is 12.3. The van der Waals surface area contributed by atoms with Crippen LogP contribution in [0.15, 0.2) is 0 Å². The van der Waals surface area contributed by atoms with E-state index in [9.17, 15) is 24.9 Å². The average molecular weight is 601 g/mol. The first-order chi connectivity index (χ1) is 20.4. The molecule has 1 rings (SSSR count). The molecular weight excluding hydrogens is 536 g/mol. The van der Waals surface area contributed by atoms with Gasteiger partial charge in [-0.3, -0.25) is 9.59 Å². The molecule has 1 aliphatic heterocycles. The van der Waals surface area contributed by atoms with E-state index in [2.05, 4.69) is 13.8 Å². The molecule has 0 amide bonds. The van der Waals surface area contributed by atoms with Gasteiger partial charge in [-0.15, -0.1) is 0 Å². The summed E-state index contributed by atoms with van der Waals surface area (Å²) in [4.78, 5) is 24.4. The quantitative estimate of drug-likeness (QED) is 0.0664. The molecule has 42 heavy (non-hydrogen) atoms. The molecule has 0 unspecified atom stereocenters. The first-order valence-corrected chi connectivity index (χ1v) is 17.4. The normalized spacial score (nSPS) is 22.3. The Hall–Kier alpha value is -1.22. The Morgan fingerprint density at radius 1 is 0.548 bits per heavy atom. The third-order valence-corrected chi connectivity index (χ3v) is 8.31. The third-order valence-electron chi connectivity index (χ3n) is 8.31. The molecule has 0 radical (unpaired) electrons. The number of ether oxygens (including phenoxy) is 3. The Morgan fingerprint density at radius 3 is 1.36 bits per heavy atom. The molecule has 8 nitrogen and oxygen atoms in total. The lowest BCUT2D eigenvalue weighted by molar-refractivity contribution is -0.291. The molecule has 1 saturated heterocycles. The van der Waals surface area contributed by atoms with E-state index in [1.165, 1.54) is 96.3 Å². The van der Waals surface area contributed by atoms with E-state index < -0.39 is 42.6 Å². The fraction of sp³-hybridized carbons (Fsp3) is 0.941. The summed E-state index contributed by atoms with van der Waals surface area (Å²) in [6.45, 7) is 4.17. The molecule has 0 spiro atoms. The maximum atomic E-state index is 12.3. The molecule has 1 aliphatic rings. The molecule has 5 atom stereocenters. The fourth-order valence-electron chi connectivity index (χ4n) is 5.51. The SMILES string of the molecule is CCCCCCCCCCCCCC(=O)OC[C@H]1O[C@H](O)[C@H](OC(=O)CCCCCCCCCCCCC)[C@@H](O)[C@@H]1O. The second kappa shape index (κ2) is 26.2. The van der Waals surface area contributed by atoms with Crippen molar-refractivity contribution in [3.63, 3.8) is 0 Å². The number of aliphatic hydroxyl groups excluding tert-OH is 3. The number of esters is 2. The van der Waals surface area contributed by atoms with Crippen LogP contribution < -0.4 is 0 Å². The summed E-state index contributed by atoms with van der Waals surface area (Å²) in [5.74, 6) is -0.937. The van der Waals surface area contributed by atoms with Crippen LogP contribution in [0.1, 0.15) is 168 Å². The van der Waals surface area contributed by atoms with E-state index in [1.807, 2.05) is 0 Å². The van der Waals surface area contributed by atoms with Crippen molar-refractivity contribution in [2.24, 2.45) is 0 Å². The van der Waals surface area contributed by atoms with Crippen molar-refractivity contribution >= 4 is 11.9 Å². The van der Waals surface area contributed by atoms with Gasteiger partial charge in [0, 0.05) is 12.8 Å². The monoisotopic (exact) mass is 600 g/mol. The zero-order valence-corrected chi connectivity index (χ0v) is 26.9. The Bertz CT molecular complexity index is 655. The van der Waals surface area contributed by atoms with Gasteiger partial charge in [0.05, 0.1) is 0 Å². The Morgan fingerprint density at radius 2 is 0.929 bits per heavy atom. The van der Waals surface area contributed by atoms with Crippen molar-refractivity contribution < 1.29 is 39.1 Å². The van der Waals surface area contributed by atoms with Gasteiger partial charge in [-0.25, -0.2) is 0 Å². The van der Waals surface area contributed by atoms with Gasteiger partial charge in [-0.05, 0) is 12.8 Å². The van der Waals surface area contributed by atoms with Crippen molar-refractivity contribution in [2.45, 2.75) is 199 Å². The van der Waals surface area contributed by atoms with Crippen molar-refractivity contribution in [3.8, 4) is 0 Å². The van der Waals surface area contributed by atoms with Crippen LogP contribution in [0, 0.1) is 0 Å². The topological polar surface area (TPSA) is 123 Å². The van der Waals surface area contributed by atoms with Gasteiger partial charge < -0.3 is 29.5 Å². The molecule has 0 bridgehead atoms. The summed E-state index contributed by atoms with van der Waals surface area (Å²) in [6.07, 6.45) is 19.4. The molecule has 3 N–H and O–H groups in total. The van der Waals surface area contributed by atoms with Crippen LogP contribution in [-0.2, 0) is 23.8 Å². The number of hydrogen-bond donors (Lipinski definition) is 3. The van der Waals surface area contributed by atoms with Crippen LogP contribution in [0.2, 0.25) is 0 Å². The zero-order chi connectivity index (χ0) is 30.8. The molecule has 248 valence electrons. The van der Waals surface area contributed by atoms with Crippen molar-refractivity contribution in [3.05, 3.63) is 0 Å². The minimum Gasteiger partial charge on any atom is -0.463 e. The van der Waals surface area contributed by atoms with Gasteiger partial charge in [0.15, 0.2) is 12.4 Å². The van der Waals surface area contributed by atoms with Crippen LogP contribution in [0.5, 0.6) is 0 Å². The average Bonchev–Trinajstić information content (AvgIpc) is 2.98. The van der Waals surface area contributed by atoms with Crippen LogP contribution in [0.25, 0.3) is 0 Å². The van der Waals surface area contributed by atoms with Crippen LogP contribution in [0.4, 0.5) is 0 Å². The molecule has 0 aliphatic carbocycles. The van der Waals surface area contributed by atoms with Crippen LogP contribution in [-0.4, -0.2) is 64.6 Å². The largest absolute Gasteiger partial charge is 0.463 e. The minimum atomic E-state index is -1.61. The number of carbonyl (C=O) groups excluding carboxylic acids is 2. The van der Waals surface area contributed by atoms with Gasteiger partial charge in [0.1, 0.15) is 24.9 Å². The summed E-state index contributed by atoms with van der Waals surface area (Å²) < 4.78 is 15.8. The van der Waals surface area contributed by atoms with Crippen molar-refractivity contribution in [1.29, 1.82) is 0 Å². The molecule has 8 heteroatoms. The summed E-state index contributed by atoms with van der Waals surface area (Å²) in [7, 11) is 0. The molecular formula is C34H64O8. The first kappa shape index (κ1) is 38.8. The van der Waals surface area contributed by atoms with E-state index in [-0.39, 0.29) is 19.4 Å². The third kappa shape index (κ3) is 19.1. The van der Waals surface area contributed by atoms with Gasteiger partial charge >= 0.3 is 11.9 Å². The van der Waals surface area contributed by atoms with E-state index in [0.717, 1.165) is 38.5 Å².